The molecule has 7 heteroatoms. The van der Waals surface area contributed by atoms with Crippen LogP contribution < -0.4 is 10.6 Å². The van der Waals surface area contributed by atoms with Crippen molar-refractivity contribution in [1.82, 2.24) is 20.4 Å². The van der Waals surface area contributed by atoms with Crippen molar-refractivity contribution in [2.45, 2.75) is 18.9 Å². The molecule has 3 fully saturated rings. The van der Waals surface area contributed by atoms with Crippen LogP contribution in [0.25, 0.3) is 10.9 Å². The lowest BCUT2D eigenvalue weighted by atomic mass is 9.84. The number of piperidine rings is 3. The summed E-state index contributed by atoms with van der Waals surface area (Å²) in [7, 11) is 1.68. The average Bonchev–Trinajstić information content (AvgIpc) is 3.06. The Morgan fingerprint density at radius 1 is 1.40 bits per heavy atom. The van der Waals surface area contributed by atoms with Crippen LogP contribution in [0.5, 0.6) is 0 Å². The molecule has 1 aromatic heterocycles. The molecule has 0 unspecified atom stereocenters. The first-order valence-corrected chi connectivity index (χ1v) is 8.99. The minimum Gasteiger partial charge on any atom is -0.383 e. The maximum atomic E-state index is 12.8. The molecule has 1 amide bonds. The Morgan fingerprint density at radius 2 is 2.24 bits per heavy atom. The molecule has 7 nitrogen and oxygen atoms in total. The number of carbonyl (C=O) groups excluding carboxylic acids is 1. The van der Waals surface area contributed by atoms with Crippen molar-refractivity contribution in [2.75, 3.05) is 45.2 Å². The number of nitrogens with zero attached hydrogens (tertiary/aromatic N) is 2. The van der Waals surface area contributed by atoms with E-state index in [2.05, 4.69) is 25.7 Å². The molecule has 2 aromatic rings. The molecular formula is C18H25N5O2. The number of anilines is 1. The van der Waals surface area contributed by atoms with Crippen LogP contribution in [0.4, 0.5) is 5.69 Å². The van der Waals surface area contributed by atoms with Gasteiger partial charge in [0, 0.05) is 37.3 Å². The largest absolute Gasteiger partial charge is 0.383 e. The van der Waals surface area contributed by atoms with E-state index in [9.17, 15) is 4.79 Å². The Kier molecular flexibility index (Phi) is 4.59. The smallest absolute Gasteiger partial charge is 0.272 e. The van der Waals surface area contributed by atoms with E-state index in [-0.39, 0.29) is 11.9 Å². The Labute approximate surface area is 147 Å². The number of benzene rings is 1. The monoisotopic (exact) mass is 343 g/mol. The number of amides is 1. The summed E-state index contributed by atoms with van der Waals surface area (Å²) in [6.45, 7) is 4.65. The first-order valence-electron chi connectivity index (χ1n) is 8.99. The van der Waals surface area contributed by atoms with Crippen LogP contribution in [-0.4, -0.2) is 66.9 Å². The quantitative estimate of drug-likeness (QED) is 0.692. The molecular weight excluding hydrogens is 318 g/mol. The molecule has 3 aliphatic heterocycles. The summed E-state index contributed by atoms with van der Waals surface area (Å²) in [6, 6.07) is 6.14. The number of methoxy groups -OCH3 is 1. The second kappa shape index (κ2) is 7.01. The van der Waals surface area contributed by atoms with Crippen molar-refractivity contribution in [3.63, 3.8) is 0 Å². The number of ether oxygens (including phenoxy) is 1. The van der Waals surface area contributed by atoms with Gasteiger partial charge < -0.3 is 20.3 Å². The van der Waals surface area contributed by atoms with Crippen LogP contribution in [0.15, 0.2) is 18.2 Å². The normalized spacial score (nSPS) is 25.2. The van der Waals surface area contributed by atoms with Gasteiger partial charge in [-0.1, -0.05) is 0 Å². The molecule has 0 spiro atoms. The fourth-order valence-electron chi connectivity index (χ4n) is 3.96. The summed E-state index contributed by atoms with van der Waals surface area (Å²) < 4.78 is 5.06. The molecule has 2 bridgehead atoms. The first-order chi connectivity index (χ1) is 12.2. The Balaban J connectivity index is 1.49. The lowest BCUT2D eigenvalue weighted by molar-refractivity contribution is 0.0618. The van der Waals surface area contributed by atoms with Crippen molar-refractivity contribution in [3.8, 4) is 0 Å². The van der Waals surface area contributed by atoms with Gasteiger partial charge in [-0.3, -0.25) is 9.89 Å². The minimum absolute atomic E-state index is 0.0842. The van der Waals surface area contributed by atoms with Gasteiger partial charge in [0.1, 0.15) is 0 Å². The van der Waals surface area contributed by atoms with Crippen molar-refractivity contribution in [2.24, 2.45) is 5.92 Å². The zero-order valence-corrected chi connectivity index (χ0v) is 14.5. The zero-order chi connectivity index (χ0) is 17.2. The van der Waals surface area contributed by atoms with Gasteiger partial charge in [0.05, 0.1) is 12.1 Å². The van der Waals surface area contributed by atoms with Crippen molar-refractivity contribution in [3.05, 3.63) is 23.9 Å². The summed E-state index contributed by atoms with van der Waals surface area (Å²) in [5.41, 5.74) is 2.31. The van der Waals surface area contributed by atoms with Crippen LogP contribution in [0.2, 0.25) is 0 Å². The van der Waals surface area contributed by atoms with Gasteiger partial charge in [-0.2, -0.15) is 5.10 Å². The van der Waals surface area contributed by atoms with Gasteiger partial charge in [0.25, 0.3) is 5.91 Å². The van der Waals surface area contributed by atoms with E-state index in [1.165, 1.54) is 25.9 Å². The van der Waals surface area contributed by atoms with Crippen LogP contribution in [0.3, 0.4) is 0 Å². The number of aromatic amines is 1. The molecule has 0 aliphatic carbocycles. The summed E-state index contributed by atoms with van der Waals surface area (Å²) in [5, 5.41) is 14.6. The molecule has 3 saturated heterocycles. The SMILES string of the molecule is COCCNc1ccc2[nH]nc(C(=O)N[C@H]3CN4CCC3CC4)c2c1. The lowest BCUT2D eigenvalue weighted by Gasteiger charge is -2.44. The molecule has 1 atom stereocenters. The van der Waals surface area contributed by atoms with Crippen LogP contribution in [0.1, 0.15) is 23.3 Å². The van der Waals surface area contributed by atoms with E-state index in [0.717, 1.165) is 29.7 Å². The summed E-state index contributed by atoms with van der Waals surface area (Å²) >= 11 is 0. The number of hydrogen-bond donors (Lipinski definition) is 3. The van der Waals surface area contributed by atoms with Gasteiger partial charge in [-0.25, -0.2) is 0 Å². The molecule has 25 heavy (non-hydrogen) atoms. The van der Waals surface area contributed by atoms with Gasteiger partial charge in [-0.15, -0.1) is 0 Å². The van der Waals surface area contributed by atoms with Crippen molar-refractivity contribution >= 4 is 22.5 Å². The molecule has 0 saturated carbocycles. The third-order valence-electron chi connectivity index (χ3n) is 5.39. The van der Waals surface area contributed by atoms with E-state index in [4.69, 9.17) is 4.74 Å². The van der Waals surface area contributed by atoms with E-state index >= 15 is 0 Å². The van der Waals surface area contributed by atoms with E-state index in [0.29, 0.717) is 18.2 Å². The molecule has 3 N–H and O–H groups in total. The van der Waals surface area contributed by atoms with E-state index < -0.39 is 0 Å². The molecule has 0 radical (unpaired) electrons. The lowest BCUT2D eigenvalue weighted by Crippen LogP contribution is -2.57. The number of carbonyl (C=O) groups is 1. The number of aromatic nitrogens is 2. The van der Waals surface area contributed by atoms with Gasteiger partial charge in [0.15, 0.2) is 5.69 Å². The van der Waals surface area contributed by atoms with Crippen LogP contribution in [0, 0.1) is 5.92 Å². The molecule has 1 aromatic carbocycles. The maximum absolute atomic E-state index is 12.8. The summed E-state index contributed by atoms with van der Waals surface area (Å²) in [6.07, 6.45) is 2.36. The Hall–Kier alpha value is -2.12. The fourth-order valence-corrected chi connectivity index (χ4v) is 3.96. The van der Waals surface area contributed by atoms with Crippen molar-refractivity contribution in [1.29, 1.82) is 0 Å². The summed E-state index contributed by atoms with van der Waals surface area (Å²) in [4.78, 5) is 15.2. The number of rotatable bonds is 6. The number of fused-ring (bicyclic) bond motifs is 4. The topological polar surface area (TPSA) is 82.3 Å². The van der Waals surface area contributed by atoms with Crippen LogP contribution in [-0.2, 0) is 4.74 Å². The molecule has 3 aliphatic rings. The molecule has 134 valence electrons. The number of H-pyrrole nitrogens is 1. The maximum Gasteiger partial charge on any atom is 0.272 e. The minimum atomic E-state index is -0.0842. The fraction of sp³-hybridized carbons (Fsp3) is 0.556. The van der Waals surface area contributed by atoms with Gasteiger partial charge in [-0.05, 0) is 50.0 Å². The number of hydrogen-bond acceptors (Lipinski definition) is 5. The predicted molar refractivity (Wildman–Crippen MR) is 96.9 cm³/mol. The van der Waals surface area contributed by atoms with Gasteiger partial charge in [0.2, 0.25) is 0 Å². The van der Waals surface area contributed by atoms with Gasteiger partial charge >= 0.3 is 0 Å². The third-order valence-corrected chi connectivity index (χ3v) is 5.39. The molecule has 4 heterocycles. The first kappa shape index (κ1) is 16.4. The van der Waals surface area contributed by atoms with E-state index in [1.54, 1.807) is 7.11 Å². The third kappa shape index (κ3) is 3.34. The highest BCUT2D eigenvalue weighted by molar-refractivity contribution is 6.05. The number of nitrogens with one attached hydrogen (secondary N) is 3. The molecule has 5 rings (SSSR count). The summed E-state index contributed by atoms with van der Waals surface area (Å²) in [5.74, 6) is 0.518. The second-order valence-corrected chi connectivity index (χ2v) is 6.97. The standard InChI is InChI=1S/C18H25N5O2/c1-25-9-6-19-13-2-3-15-14(10-13)17(22-21-15)18(24)20-16-11-23-7-4-12(16)5-8-23/h2-3,10,12,16,19H,4-9,11H2,1H3,(H,20,24)(H,21,22)/t16-/m0/s1. The highest BCUT2D eigenvalue weighted by Gasteiger charge is 2.35. The van der Waals surface area contributed by atoms with Crippen LogP contribution >= 0.6 is 0 Å². The van der Waals surface area contributed by atoms with Crippen molar-refractivity contribution < 1.29 is 9.53 Å². The predicted octanol–water partition coefficient (Wildman–Crippen LogP) is 1.45. The zero-order valence-electron chi connectivity index (χ0n) is 14.5. The average molecular weight is 343 g/mol. The van der Waals surface area contributed by atoms with E-state index in [1.807, 2.05) is 18.2 Å². The highest BCUT2D eigenvalue weighted by Crippen LogP contribution is 2.28. The second-order valence-electron chi connectivity index (χ2n) is 6.97. The highest BCUT2D eigenvalue weighted by atomic mass is 16.5. The Bertz CT molecular complexity index is 751. The Morgan fingerprint density at radius 3 is 2.96 bits per heavy atom.